The molecule has 27 heavy (non-hydrogen) atoms. The van der Waals surface area contributed by atoms with Gasteiger partial charge in [-0.15, -0.1) is 0 Å². The van der Waals surface area contributed by atoms with E-state index in [1.54, 1.807) is 11.8 Å². The van der Waals surface area contributed by atoms with Gasteiger partial charge in [-0.25, -0.2) is 4.79 Å². The second-order valence-electron chi connectivity index (χ2n) is 7.61. The van der Waals surface area contributed by atoms with Crippen LogP contribution >= 0.6 is 15.9 Å². The number of piperidine rings is 1. The van der Waals surface area contributed by atoms with E-state index in [2.05, 4.69) is 20.9 Å². The van der Waals surface area contributed by atoms with E-state index in [-0.39, 0.29) is 17.0 Å². The predicted octanol–water partition coefficient (Wildman–Crippen LogP) is -0.278. The summed E-state index contributed by atoms with van der Waals surface area (Å²) >= 11 is 3.12. The van der Waals surface area contributed by atoms with Crippen LogP contribution in [0, 0.1) is 0 Å². The quantitative estimate of drug-likeness (QED) is 0.587. The van der Waals surface area contributed by atoms with Crippen molar-refractivity contribution >= 4 is 21.8 Å². The Morgan fingerprint density at radius 1 is 1.44 bits per heavy atom. The Morgan fingerprint density at radius 2 is 2.11 bits per heavy atom. The third kappa shape index (κ3) is 4.03. The molecular formula is C17H25BrN4O5. The van der Waals surface area contributed by atoms with Gasteiger partial charge in [-0.1, -0.05) is 0 Å². The van der Waals surface area contributed by atoms with Crippen molar-refractivity contribution in [2.45, 2.75) is 49.9 Å². The lowest BCUT2D eigenvalue weighted by molar-refractivity contribution is -0.198. The molecule has 1 spiro atoms. The van der Waals surface area contributed by atoms with E-state index in [1.807, 2.05) is 0 Å². The molecule has 3 rings (SSSR count). The van der Waals surface area contributed by atoms with Crippen LogP contribution in [0.15, 0.2) is 20.3 Å². The third-order valence-corrected chi connectivity index (χ3v) is 6.16. The Kier molecular flexibility index (Phi) is 5.62. The van der Waals surface area contributed by atoms with Gasteiger partial charge in [0.05, 0.1) is 28.3 Å². The van der Waals surface area contributed by atoms with Crippen molar-refractivity contribution in [2.24, 2.45) is 5.73 Å². The van der Waals surface area contributed by atoms with Crippen LogP contribution in [0.25, 0.3) is 0 Å². The number of hydrogen-bond donors (Lipinski definition) is 3. The lowest BCUT2D eigenvalue weighted by atomic mass is 9.75. The smallest absolute Gasteiger partial charge is 0.328 e. The fourth-order valence-electron chi connectivity index (χ4n) is 4.09. The van der Waals surface area contributed by atoms with Crippen LogP contribution in [0.3, 0.4) is 0 Å². The van der Waals surface area contributed by atoms with Gasteiger partial charge >= 0.3 is 5.69 Å². The van der Waals surface area contributed by atoms with Gasteiger partial charge < -0.3 is 20.5 Å². The predicted molar refractivity (Wildman–Crippen MR) is 101 cm³/mol. The standard InChI is InChI=1S/C17H25BrN4O5/c1-16(26)10-17(3-6-21(7-4-17)13(23)2-5-19)27-9-12(16)22-8-11(18)14(24)20-15(22)25/h8,12,26H,2-7,9-10,19H2,1H3,(H,20,24,25)/t12-,16-/m0/s1. The molecule has 4 N–H and O–H groups in total. The number of nitrogens with one attached hydrogen (secondary N) is 1. The first-order chi connectivity index (χ1) is 12.7. The average molecular weight is 445 g/mol. The third-order valence-electron chi connectivity index (χ3n) is 5.59. The second-order valence-corrected chi connectivity index (χ2v) is 8.46. The van der Waals surface area contributed by atoms with Crippen LogP contribution in [-0.2, 0) is 9.53 Å². The Morgan fingerprint density at radius 3 is 2.70 bits per heavy atom. The monoisotopic (exact) mass is 444 g/mol. The van der Waals surface area contributed by atoms with Gasteiger partial charge in [0.2, 0.25) is 5.91 Å². The van der Waals surface area contributed by atoms with E-state index in [0.717, 1.165) is 0 Å². The first-order valence-corrected chi connectivity index (χ1v) is 9.82. The van der Waals surface area contributed by atoms with E-state index < -0.39 is 28.5 Å². The van der Waals surface area contributed by atoms with E-state index in [1.165, 1.54) is 10.8 Å². The summed E-state index contributed by atoms with van der Waals surface area (Å²) in [4.78, 5) is 39.8. The lowest BCUT2D eigenvalue weighted by Crippen LogP contribution is -2.59. The number of nitrogens with two attached hydrogens (primary N) is 1. The van der Waals surface area contributed by atoms with Crippen LogP contribution < -0.4 is 17.0 Å². The molecule has 0 aliphatic carbocycles. The summed E-state index contributed by atoms with van der Waals surface area (Å²) in [6.45, 7) is 3.27. The summed E-state index contributed by atoms with van der Waals surface area (Å²) in [7, 11) is 0. The molecule has 2 saturated heterocycles. The zero-order valence-corrected chi connectivity index (χ0v) is 16.8. The summed E-state index contributed by atoms with van der Waals surface area (Å²) in [5.74, 6) is 0.0393. The molecule has 2 aliphatic heterocycles. The maximum atomic E-state index is 12.2. The molecule has 1 amide bonds. The van der Waals surface area contributed by atoms with Gasteiger partial charge in [0.15, 0.2) is 0 Å². The Balaban J connectivity index is 1.75. The number of aromatic amines is 1. The van der Waals surface area contributed by atoms with Gasteiger partial charge in [-0.2, -0.15) is 0 Å². The van der Waals surface area contributed by atoms with Crippen molar-refractivity contribution in [3.8, 4) is 0 Å². The molecule has 1 aromatic heterocycles. The van der Waals surface area contributed by atoms with Crippen LogP contribution in [0.5, 0.6) is 0 Å². The molecule has 2 atom stereocenters. The van der Waals surface area contributed by atoms with Crippen molar-refractivity contribution in [3.63, 3.8) is 0 Å². The number of rotatable bonds is 3. The van der Waals surface area contributed by atoms with E-state index in [0.29, 0.717) is 45.3 Å². The number of ether oxygens (including phenoxy) is 1. The van der Waals surface area contributed by atoms with Crippen molar-refractivity contribution in [3.05, 3.63) is 31.5 Å². The molecule has 0 aromatic carbocycles. The molecule has 150 valence electrons. The van der Waals surface area contributed by atoms with Gasteiger partial charge in [-0.05, 0) is 35.7 Å². The number of nitrogens with zero attached hydrogens (tertiary/aromatic N) is 2. The zero-order chi connectivity index (χ0) is 19.8. The normalized spacial score (nSPS) is 27.7. The van der Waals surface area contributed by atoms with Crippen LogP contribution in [0.4, 0.5) is 0 Å². The van der Waals surface area contributed by atoms with Crippen molar-refractivity contribution in [1.29, 1.82) is 0 Å². The zero-order valence-electron chi connectivity index (χ0n) is 15.2. The van der Waals surface area contributed by atoms with Crippen molar-refractivity contribution in [2.75, 3.05) is 26.2 Å². The van der Waals surface area contributed by atoms with Crippen molar-refractivity contribution in [1.82, 2.24) is 14.5 Å². The van der Waals surface area contributed by atoms with Gasteiger partial charge in [0.25, 0.3) is 5.56 Å². The fraction of sp³-hybridized carbons (Fsp3) is 0.706. The number of aliphatic hydroxyl groups is 1. The Labute approximate surface area is 164 Å². The molecule has 0 saturated carbocycles. The number of carbonyl (C=O) groups is 1. The topological polar surface area (TPSA) is 131 Å². The molecule has 10 heteroatoms. The average Bonchev–Trinajstić information content (AvgIpc) is 2.59. The van der Waals surface area contributed by atoms with Crippen LogP contribution in [-0.4, -0.2) is 62.9 Å². The first kappa shape index (κ1) is 20.2. The fourth-order valence-corrected chi connectivity index (χ4v) is 4.41. The minimum atomic E-state index is -1.21. The maximum absolute atomic E-state index is 12.2. The number of amides is 1. The number of aromatic nitrogens is 2. The molecule has 3 heterocycles. The number of likely N-dealkylation sites (tertiary alicyclic amines) is 1. The van der Waals surface area contributed by atoms with Crippen molar-refractivity contribution < 1.29 is 14.6 Å². The summed E-state index contributed by atoms with van der Waals surface area (Å²) in [5.41, 5.74) is 2.62. The number of H-pyrrole nitrogens is 1. The minimum Gasteiger partial charge on any atom is -0.388 e. The first-order valence-electron chi connectivity index (χ1n) is 9.03. The molecule has 0 bridgehead atoms. The van der Waals surface area contributed by atoms with Crippen LogP contribution in [0.1, 0.15) is 38.6 Å². The summed E-state index contributed by atoms with van der Waals surface area (Å²) in [6, 6.07) is -0.624. The van der Waals surface area contributed by atoms with Gasteiger partial charge in [0.1, 0.15) is 0 Å². The Hall–Kier alpha value is -1.49. The highest BCUT2D eigenvalue weighted by atomic mass is 79.9. The minimum absolute atomic E-state index is 0.0393. The molecule has 2 fully saturated rings. The SMILES string of the molecule is C[C@]1(O)CC2(CCN(C(=O)CCN)CC2)OC[C@@H]1n1cc(Br)c(=O)[nH]c1=O. The van der Waals surface area contributed by atoms with Gasteiger partial charge in [0, 0.05) is 38.7 Å². The van der Waals surface area contributed by atoms with E-state index in [4.69, 9.17) is 10.5 Å². The summed E-state index contributed by atoms with van der Waals surface area (Å²) in [5, 5.41) is 11.1. The molecular weight excluding hydrogens is 420 g/mol. The number of halogens is 1. The molecule has 0 radical (unpaired) electrons. The second kappa shape index (κ2) is 7.50. The highest BCUT2D eigenvalue weighted by Gasteiger charge is 2.50. The Bertz CT molecular complexity index is 825. The highest BCUT2D eigenvalue weighted by molar-refractivity contribution is 9.10. The maximum Gasteiger partial charge on any atom is 0.328 e. The number of carbonyl (C=O) groups excluding carboxylic acids is 1. The molecule has 1 aromatic rings. The van der Waals surface area contributed by atoms with E-state index in [9.17, 15) is 19.5 Å². The molecule has 2 aliphatic rings. The van der Waals surface area contributed by atoms with E-state index >= 15 is 0 Å². The molecule has 9 nitrogen and oxygen atoms in total. The highest BCUT2D eigenvalue weighted by Crippen LogP contribution is 2.43. The van der Waals surface area contributed by atoms with Crippen LogP contribution in [0.2, 0.25) is 0 Å². The lowest BCUT2D eigenvalue weighted by Gasteiger charge is -2.51. The van der Waals surface area contributed by atoms with Gasteiger partial charge in [-0.3, -0.25) is 19.1 Å². The summed E-state index contributed by atoms with van der Waals surface area (Å²) in [6.07, 6.45) is 3.30. The largest absolute Gasteiger partial charge is 0.388 e. The number of hydrogen-bond acceptors (Lipinski definition) is 6. The molecule has 0 unspecified atom stereocenters. The summed E-state index contributed by atoms with van der Waals surface area (Å²) < 4.78 is 7.65.